The van der Waals surface area contributed by atoms with Crippen molar-refractivity contribution in [3.8, 4) is 0 Å². The van der Waals surface area contributed by atoms with Crippen molar-refractivity contribution in [1.29, 1.82) is 0 Å². The standard InChI is InChI=1S/C19H22ClFN2O2/c20-14-1-2-16(15(21)6-14)23-17(24)10-22-18(25)19-7-11-3-12(8-19)5-13(4-11)9-19/h1-2,6,11-13H,3-5,7-10H2,(H,22,25)(H,23,24). The molecule has 0 unspecified atom stereocenters. The van der Waals surface area contributed by atoms with Gasteiger partial charge in [-0.2, -0.15) is 0 Å². The van der Waals surface area contributed by atoms with Crippen molar-refractivity contribution in [3.63, 3.8) is 0 Å². The fraction of sp³-hybridized carbons (Fsp3) is 0.579. The van der Waals surface area contributed by atoms with Crippen LogP contribution in [0.4, 0.5) is 10.1 Å². The minimum atomic E-state index is -0.590. The zero-order valence-corrected chi connectivity index (χ0v) is 14.7. The second-order valence-corrected chi connectivity index (χ2v) is 8.49. The Morgan fingerprint density at radius 1 is 1.12 bits per heavy atom. The molecule has 0 atom stereocenters. The molecule has 1 aromatic carbocycles. The molecule has 4 aliphatic rings. The molecular formula is C19H22ClFN2O2. The van der Waals surface area contributed by atoms with Gasteiger partial charge in [0.15, 0.2) is 0 Å². The minimum absolute atomic E-state index is 0.00155. The first-order chi connectivity index (χ1) is 11.9. The summed E-state index contributed by atoms with van der Waals surface area (Å²) in [7, 11) is 0. The van der Waals surface area contributed by atoms with Crippen LogP contribution >= 0.6 is 11.6 Å². The van der Waals surface area contributed by atoms with Crippen LogP contribution in [0.3, 0.4) is 0 Å². The number of benzene rings is 1. The topological polar surface area (TPSA) is 58.2 Å². The maximum Gasteiger partial charge on any atom is 0.243 e. The van der Waals surface area contributed by atoms with Gasteiger partial charge in [0, 0.05) is 10.4 Å². The number of nitrogens with one attached hydrogen (secondary N) is 2. The lowest BCUT2D eigenvalue weighted by molar-refractivity contribution is -0.146. The molecule has 4 nitrogen and oxygen atoms in total. The molecular weight excluding hydrogens is 343 g/mol. The Balaban J connectivity index is 1.35. The lowest BCUT2D eigenvalue weighted by atomic mass is 9.49. The van der Waals surface area contributed by atoms with E-state index in [1.807, 2.05) is 0 Å². The summed E-state index contributed by atoms with van der Waals surface area (Å²) in [6, 6.07) is 4.07. The van der Waals surface area contributed by atoms with Gasteiger partial charge in [0.05, 0.1) is 12.2 Å². The van der Waals surface area contributed by atoms with E-state index < -0.39 is 11.7 Å². The summed E-state index contributed by atoms with van der Waals surface area (Å²) < 4.78 is 13.7. The lowest BCUT2D eigenvalue weighted by Crippen LogP contribution is -2.54. The van der Waals surface area contributed by atoms with Gasteiger partial charge in [-0.15, -0.1) is 0 Å². The number of hydrogen-bond donors (Lipinski definition) is 2. The minimum Gasteiger partial charge on any atom is -0.347 e. The van der Waals surface area contributed by atoms with Gasteiger partial charge >= 0.3 is 0 Å². The molecule has 4 fully saturated rings. The van der Waals surface area contributed by atoms with E-state index in [0.717, 1.165) is 25.3 Å². The summed E-state index contributed by atoms with van der Waals surface area (Å²) in [5.74, 6) is 1.00. The molecule has 1 aromatic rings. The third-order valence-corrected chi connectivity index (χ3v) is 6.37. The summed E-state index contributed by atoms with van der Waals surface area (Å²) >= 11 is 5.70. The Bertz CT molecular complexity index is 686. The van der Waals surface area contributed by atoms with E-state index in [0.29, 0.717) is 17.8 Å². The Morgan fingerprint density at radius 2 is 1.72 bits per heavy atom. The molecule has 4 aliphatic carbocycles. The molecule has 2 amide bonds. The van der Waals surface area contributed by atoms with Gasteiger partial charge in [0.2, 0.25) is 11.8 Å². The van der Waals surface area contributed by atoms with Crippen molar-refractivity contribution in [2.75, 3.05) is 11.9 Å². The second kappa shape index (κ2) is 6.27. The molecule has 0 saturated heterocycles. The van der Waals surface area contributed by atoms with Gasteiger partial charge in [-0.05, 0) is 74.5 Å². The molecule has 0 radical (unpaired) electrons. The average Bonchev–Trinajstić information content (AvgIpc) is 2.54. The Morgan fingerprint density at radius 3 is 2.28 bits per heavy atom. The lowest BCUT2D eigenvalue weighted by Gasteiger charge is -2.55. The van der Waals surface area contributed by atoms with Crippen LogP contribution in [0.15, 0.2) is 18.2 Å². The van der Waals surface area contributed by atoms with Crippen molar-refractivity contribution >= 4 is 29.1 Å². The zero-order valence-electron chi connectivity index (χ0n) is 14.0. The van der Waals surface area contributed by atoms with Gasteiger partial charge < -0.3 is 10.6 Å². The Kier molecular flexibility index (Phi) is 4.22. The zero-order chi connectivity index (χ0) is 17.6. The number of carbonyl (C=O) groups is 2. The van der Waals surface area contributed by atoms with Crippen LogP contribution < -0.4 is 10.6 Å². The van der Waals surface area contributed by atoms with Crippen LogP contribution in [0.2, 0.25) is 5.02 Å². The fourth-order valence-electron chi connectivity index (χ4n) is 5.52. The molecule has 4 saturated carbocycles. The molecule has 0 heterocycles. The quantitative estimate of drug-likeness (QED) is 0.854. The smallest absolute Gasteiger partial charge is 0.243 e. The van der Waals surface area contributed by atoms with Crippen molar-refractivity contribution in [3.05, 3.63) is 29.0 Å². The summed E-state index contributed by atoms with van der Waals surface area (Å²) in [4.78, 5) is 24.8. The predicted octanol–water partition coefficient (Wildman–Crippen LogP) is 3.75. The highest BCUT2D eigenvalue weighted by Crippen LogP contribution is 2.60. The largest absolute Gasteiger partial charge is 0.347 e. The monoisotopic (exact) mass is 364 g/mol. The van der Waals surface area contributed by atoms with Gasteiger partial charge in [0.1, 0.15) is 5.82 Å². The molecule has 134 valence electrons. The Hall–Kier alpha value is -1.62. The van der Waals surface area contributed by atoms with E-state index in [4.69, 9.17) is 11.6 Å². The van der Waals surface area contributed by atoms with Crippen LogP contribution in [0.5, 0.6) is 0 Å². The van der Waals surface area contributed by atoms with Gasteiger partial charge in [-0.25, -0.2) is 4.39 Å². The van der Waals surface area contributed by atoms with Crippen LogP contribution in [0.1, 0.15) is 38.5 Å². The summed E-state index contributed by atoms with van der Waals surface area (Å²) in [6.45, 7) is -0.136. The normalized spacial score (nSPS) is 32.5. The molecule has 4 bridgehead atoms. The number of hydrogen-bond acceptors (Lipinski definition) is 2. The summed E-state index contributed by atoms with van der Waals surface area (Å²) in [5, 5.41) is 5.54. The Labute approximate surface area is 151 Å². The van der Waals surface area contributed by atoms with E-state index in [1.165, 1.54) is 31.4 Å². The molecule has 0 aromatic heterocycles. The molecule has 5 rings (SSSR count). The second-order valence-electron chi connectivity index (χ2n) is 8.05. The van der Waals surface area contributed by atoms with Crippen molar-refractivity contribution in [1.82, 2.24) is 5.32 Å². The van der Waals surface area contributed by atoms with E-state index >= 15 is 0 Å². The summed E-state index contributed by atoms with van der Waals surface area (Å²) in [6.07, 6.45) is 6.67. The van der Waals surface area contributed by atoms with Crippen molar-refractivity contribution in [2.45, 2.75) is 38.5 Å². The third kappa shape index (κ3) is 3.26. The van der Waals surface area contributed by atoms with Crippen molar-refractivity contribution in [2.24, 2.45) is 23.2 Å². The van der Waals surface area contributed by atoms with Crippen LogP contribution in [-0.2, 0) is 9.59 Å². The SMILES string of the molecule is O=C(CNC(=O)C12CC3CC(CC(C3)C1)C2)Nc1ccc(Cl)cc1F. The molecule has 25 heavy (non-hydrogen) atoms. The number of halogens is 2. The molecule has 6 heteroatoms. The van der Waals surface area contributed by atoms with E-state index in [2.05, 4.69) is 10.6 Å². The highest BCUT2D eigenvalue weighted by Gasteiger charge is 2.54. The maximum atomic E-state index is 13.7. The third-order valence-electron chi connectivity index (χ3n) is 6.13. The van der Waals surface area contributed by atoms with E-state index in [-0.39, 0.29) is 28.6 Å². The molecule has 2 N–H and O–H groups in total. The highest BCUT2D eigenvalue weighted by atomic mass is 35.5. The van der Waals surface area contributed by atoms with Crippen molar-refractivity contribution < 1.29 is 14.0 Å². The van der Waals surface area contributed by atoms with Crippen LogP contribution in [0, 0.1) is 29.0 Å². The number of carbonyl (C=O) groups excluding carboxylic acids is 2. The van der Waals surface area contributed by atoms with Gasteiger partial charge in [-0.3, -0.25) is 9.59 Å². The number of anilines is 1. The average molecular weight is 365 g/mol. The highest BCUT2D eigenvalue weighted by molar-refractivity contribution is 6.30. The first kappa shape index (κ1) is 16.8. The number of rotatable bonds is 4. The number of amides is 2. The van der Waals surface area contributed by atoms with E-state index in [1.54, 1.807) is 0 Å². The fourth-order valence-corrected chi connectivity index (χ4v) is 5.68. The first-order valence-electron chi connectivity index (χ1n) is 8.97. The maximum absolute atomic E-state index is 13.7. The van der Waals surface area contributed by atoms with Crippen LogP contribution in [0.25, 0.3) is 0 Å². The van der Waals surface area contributed by atoms with E-state index in [9.17, 15) is 14.0 Å². The molecule has 0 aliphatic heterocycles. The predicted molar refractivity (Wildman–Crippen MR) is 93.7 cm³/mol. The van der Waals surface area contributed by atoms with Gasteiger partial charge in [-0.1, -0.05) is 11.6 Å². The summed E-state index contributed by atoms with van der Waals surface area (Å²) in [5.41, 5.74) is -0.209. The van der Waals surface area contributed by atoms with Gasteiger partial charge in [0.25, 0.3) is 0 Å². The van der Waals surface area contributed by atoms with Crippen LogP contribution in [-0.4, -0.2) is 18.4 Å². The first-order valence-corrected chi connectivity index (χ1v) is 9.34. The molecule has 0 spiro atoms.